The van der Waals surface area contributed by atoms with Crippen LogP contribution in [0.1, 0.15) is 18.2 Å². The molecule has 12 heteroatoms. The molecule has 27 heavy (non-hydrogen) atoms. The topological polar surface area (TPSA) is 146 Å². The minimum Gasteiger partial charge on any atom is -0.358 e. The van der Waals surface area contributed by atoms with Crippen LogP contribution in [0.2, 0.25) is 0 Å². The molecule has 0 bridgehead atoms. The van der Waals surface area contributed by atoms with Gasteiger partial charge in [-0.15, -0.1) is 15.0 Å². The number of rotatable bonds is 6. The molecule has 0 saturated heterocycles. The van der Waals surface area contributed by atoms with Crippen molar-refractivity contribution in [3.8, 4) is 5.69 Å². The lowest BCUT2D eigenvalue weighted by Gasteiger charge is -2.04. The molecule has 3 aromatic rings. The van der Waals surface area contributed by atoms with Gasteiger partial charge in [0.1, 0.15) is 6.54 Å². The maximum absolute atomic E-state index is 12.0. The lowest BCUT2D eigenvalue weighted by molar-refractivity contribution is -0.389. The highest BCUT2D eigenvalue weighted by atomic mass is 16.6. The summed E-state index contributed by atoms with van der Waals surface area (Å²) in [6.45, 7) is 3.20. The summed E-state index contributed by atoms with van der Waals surface area (Å²) in [7, 11) is 0. The molecule has 138 valence electrons. The third kappa shape index (κ3) is 4.18. The van der Waals surface area contributed by atoms with Gasteiger partial charge in [0.2, 0.25) is 0 Å². The number of hydrogen-bond donors (Lipinski definition) is 1. The molecule has 0 atom stereocenters. The Labute approximate surface area is 152 Å². The first-order chi connectivity index (χ1) is 12.9. The zero-order valence-corrected chi connectivity index (χ0v) is 14.5. The van der Waals surface area contributed by atoms with Gasteiger partial charge in [-0.25, -0.2) is 5.43 Å². The number of carbonyl (C=O) groups is 1. The zero-order chi connectivity index (χ0) is 19.4. The summed E-state index contributed by atoms with van der Waals surface area (Å²) in [5.74, 6) is -0.749. The smallest absolute Gasteiger partial charge is 0.358 e. The molecule has 0 radical (unpaired) electrons. The third-order valence-electron chi connectivity index (χ3n) is 3.66. The monoisotopic (exact) mass is 369 g/mol. The number of carbonyl (C=O) groups excluding carboxylic acids is 1. The van der Waals surface area contributed by atoms with E-state index in [4.69, 9.17) is 0 Å². The Bertz CT molecular complexity index is 990. The molecular weight excluding hydrogens is 354 g/mol. The molecule has 0 aliphatic rings. The van der Waals surface area contributed by atoms with Crippen LogP contribution in [0, 0.1) is 17.0 Å². The van der Waals surface area contributed by atoms with Crippen LogP contribution >= 0.6 is 0 Å². The van der Waals surface area contributed by atoms with Crippen LogP contribution in [0.25, 0.3) is 5.69 Å². The number of hydrazone groups is 1. The Morgan fingerprint density at radius 3 is 2.67 bits per heavy atom. The molecule has 12 nitrogen and oxygen atoms in total. The minimum absolute atomic E-state index is 0.173. The average Bonchev–Trinajstić information content (AvgIpc) is 3.30. The number of benzene rings is 1. The number of nitrogens with one attached hydrogen (secondary N) is 1. The van der Waals surface area contributed by atoms with Crippen LogP contribution in [-0.4, -0.2) is 46.5 Å². The largest absolute Gasteiger partial charge is 0.390 e. The van der Waals surface area contributed by atoms with Gasteiger partial charge in [-0.05, 0) is 41.7 Å². The van der Waals surface area contributed by atoms with Crippen molar-refractivity contribution >= 4 is 17.4 Å². The maximum Gasteiger partial charge on any atom is 0.390 e. The van der Waals surface area contributed by atoms with Crippen LogP contribution in [0.3, 0.4) is 0 Å². The van der Waals surface area contributed by atoms with Crippen LogP contribution < -0.4 is 5.43 Å². The second kappa shape index (κ2) is 7.51. The van der Waals surface area contributed by atoms with Crippen LogP contribution in [0.5, 0.6) is 0 Å². The number of aryl methyl sites for hydroxylation is 1. The summed E-state index contributed by atoms with van der Waals surface area (Å²) < 4.78 is 1.25. The lowest BCUT2D eigenvalue weighted by atomic mass is 10.1. The summed E-state index contributed by atoms with van der Waals surface area (Å²) in [6, 6.07) is 8.51. The fourth-order valence-corrected chi connectivity index (χ4v) is 2.25. The summed E-state index contributed by atoms with van der Waals surface area (Å²) in [5.41, 5.74) is 5.05. The van der Waals surface area contributed by atoms with Gasteiger partial charge < -0.3 is 10.1 Å². The molecule has 2 aromatic heterocycles. The average molecular weight is 369 g/mol. The fourth-order valence-electron chi connectivity index (χ4n) is 2.25. The fraction of sp³-hybridized carbons (Fsp3) is 0.200. The molecule has 1 amide bonds. The molecule has 0 aliphatic heterocycles. The molecule has 2 heterocycles. The predicted octanol–water partition coefficient (Wildman–Crippen LogP) is 0.616. The third-order valence-corrected chi connectivity index (χ3v) is 3.66. The summed E-state index contributed by atoms with van der Waals surface area (Å²) in [4.78, 5) is 23.5. The Balaban J connectivity index is 1.63. The van der Waals surface area contributed by atoms with Crippen molar-refractivity contribution in [1.29, 1.82) is 0 Å². The number of tetrazole rings is 1. The molecule has 0 spiro atoms. The Morgan fingerprint density at radius 1 is 1.33 bits per heavy atom. The minimum atomic E-state index is -0.609. The molecule has 3 rings (SSSR count). The molecule has 0 aliphatic carbocycles. The zero-order valence-electron chi connectivity index (χ0n) is 14.5. The van der Waals surface area contributed by atoms with E-state index in [2.05, 4.69) is 31.0 Å². The van der Waals surface area contributed by atoms with Gasteiger partial charge in [0.05, 0.1) is 28.3 Å². The number of aromatic nitrogens is 6. The molecule has 1 N–H and O–H groups in total. The van der Waals surface area contributed by atoms with Crippen LogP contribution in [0.15, 0.2) is 41.8 Å². The van der Waals surface area contributed by atoms with Crippen molar-refractivity contribution in [1.82, 2.24) is 35.4 Å². The van der Waals surface area contributed by atoms with E-state index < -0.39 is 10.8 Å². The SMILES string of the molecule is C/C(=N/NC(=O)Cn1nc([N+](=O)[O-])cc1C)c1ccc(-n2ncnn2)cc1. The molecular formula is C15H15N9O3. The Hall–Kier alpha value is -3.96. The summed E-state index contributed by atoms with van der Waals surface area (Å²) in [6.07, 6.45) is 1.34. The summed E-state index contributed by atoms with van der Waals surface area (Å²) in [5, 5.41) is 29.9. The standard InChI is InChI=1S/C15H15N9O3/c1-10-7-14(24(26)27)20-22(10)8-15(25)19-18-11(2)12-3-5-13(6-4-12)23-17-9-16-21-23/h3-7,9H,8H2,1-2H3,(H,19,25)/b18-11-. The van der Waals surface area contributed by atoms with Crippen LogP contribution in [0.4, 0.5) is 5.82 Å². The Kier molecular flexibility index (Phi) is 4.97. The van der Waals surface area contributed by atoms with Crippen molar-refractivity contribution in [2.75, 3.05) is 0 Å². The second-order valence-corrected chi connectivity index (χ2v) is 5.56. The van der Waals surface area contributed by atoms with Gasteiger partial charge in [-0.3, -0.25) is 4.79 Å². The first-order valence-electron chi connectivity index (χ1n) is 7.80. The number of amides is 1. The van der Waals surface area contributed by atoms with E-state index in [1.165, 1.54) is 21.9 Å². The van der Waals surface area contributed by atoms with Gasteiger partial charge >= 0.3 is 5.82 Å². The first kappa shape index (κ1) is 17.8. The highest BCUT2D eigenvalue weighted by Crippen LogP contribution is 2.11. The first-order valence-corrected chi connectivity index (χ1v) is 7.80. The van der Waals surface area contributed by atoms with E-state index >= 15 is 0 Å². The number of nitro groups is 1. The van der Waals surface area contributed by atoms with Gasteiger partial charge in [0.15, 0.2) is 6.33 Å². The van der Waals surface area contributed by atoms with E-state index in [1.807, 2.05) is 12.1 Å². The summed E-state index contributed by atoms with van der Waals surface area (Å²) >= 11 is 0. The van der Waals surface area contributed by atoms with Crippen molar-refractivity contribution in [3.63, 3.8) is 0 Å². The van der Waals surface area contributed by atoms with E-state index in [0.717, 1.165) is 11.3 Å². The number of hydrogen-bond acceptors (Lipinski definition) is 8. The Morgan fingerprint density at radius 2 is 2.07 bits per heavy atom. The molecule has 0 unspecified atom stereocenters. The van der Waals surface area contributed by atoms with Gasteiger partial charge in [-0.2, -0.15) is 9.78 Å². The van der Waals surface area contributed by atoms with Gasteiger partial charge in [-0.1, -0.05) is 12.1 Å². The van der Waals surface area contributed by atoms with E-state index in [-0.39, 0.29) is 12.4 Å². The second-order valence-electron chi connectivity index (χ2n) is 5.56. The van der Waals surface area contributed by atoms with Crippen LogP contribution in [-0.2, 0) is 11.3 Å². The maximum atomic E-state index is 12.0. The van der Waals surface area contributed by atoms with E-state index in [0.29, 0.717) is 11.4 Å². The van der Waals surface area contributed by atoms with Gasteiger partial charge in [0.25, 0.3) is 5.91 Å². The molecule has 0 fully saturated rings. The van der Waals surface area contributed by atoms with E-state index in [1.54, 1.807) is 26.0 Å². The van der Waals surface area contributed by atoms with Crippen molar-refractivity contribution in [2.24, 2.45) is 5.10 Å². The van der Waals surface area contributed by atoms with Gasteiger partial charge in [0, 0.05) is 0 Å². The molecule has 0 saturated carbocycles. The predicted molar refractivity (Wildman–Crippen MR) is 93.1 cm³/mol. The lowest BCUT2D eigenvalue weighted by Crippen LogP contribution is -2.25. The quantitative estimate of drug-likeness (QED) is 0.380. The van der Waals surface area contributed by atoms with Crippen molar-refractivity contribution < 1.29 is 9.72 Å². The van der Waals surface area contributed by atoms with Crippen molar-refractivity contribution in [2.45, 2.75) is 20.4 Å². The highest BCUT2D eigenvalue weighted by molar-refractivity contribution is 5.99. The molecule has 1 aromatic carbocycles. The highest BCUT2D eigenvalue weighted by Gasteiger charge is 2.17. The van der Waals surface area contributed by atoms with E-state index in [9.17, 15) is 14.9 Å². The number of nitrogens with zero attached hydrogens (tertiary/aromatic N) is 8. The van der Waals surface area contributed by atoms with Crippen molar-refractivity contribution in [3.05, 3.63) is 58.0 Å². The normalized spacial score (nSPS) is 11.4.